The van der Waals surface area contributed by atoms with Gasteiger partial charge < -0.3 is 15.1 Å². The lowest BCUT2D eigenvalue weighted by molar-refractivity contribution is 0.0692. The van der Waals surface area contributed by atoms with Crippen molar-refractivity contribution in [2.75, 3.05) is 18.0 Å². The van der Waals surface area contributed by atoms with Crippen molar-refractivity contribution >= 4 is 17.4 Å². The minimum Gasteiger partial charge on any atom is -0.507 e. The molecule has 0 atom stereocenters. The number of aromatic carboxylic acids is 1. The Morgan fingerprint density at radius 1 is 0.649 bits per heavy atom. The minimum absolute atomic E-state index is 0.0597. The highest BCUT2D eigenvalue weighted by Crippen LogP contribution is 2.28. The lowest BCUT2D eigenvalue weighted by atomic mass is 9.97. The van der Waals surface area contributed by atoms with Crippen molar-refractivity contribution in [2.45, 2.75) is 104 Å². The molecule has 0 amide bonds. The molecule has 0 aliphatic rings. The number of carboxylic acid groups (broad SMARTS) is 1. The number of ketones is 1. The molecule has 0 unspecified atom stereocenters. The van der Waals surface area contributed by atoms with E-state index < -0.39 is 11.8 Å². The zero-order chi connectivity index (χ0) is 26.9. The van der Waals surface area contributed by atoms with Gasteiger partial charge in [0.1, 0.15) is 5.75 Å². The van der Waals surface area contributed by atoms with E-state index in [-0.39, 0.29) is 22.4 Å². The molecule has 0 aliphatic carbocycles. The lowest BCUT2D eigenvalue weighted by Crippen LogP contribution is -2.25. The smallest absolute Gasteiger partial charge is 0.336 e. The molecule has 204 valence electrons. The highest BCUT2D eigenvalue weighted by Gasteiger charge is 2.21. The number of benzene rings is 2. The maximum atomic E-state index is 13.1. The number of phenolic OH excluding ortho intramolecular Hbond substituents is 1. The molecule has 0 heterocycles. The highest BCUT2D eigenvalue weighted by molar-refractivity contribution is 6.15. The van der Waals surface area contributed by atoms with Crippen LogP contribution in [-0.2, 0) is 0 Å². The summed E-state index contributed by atoms with van der Waals surface area (Å²) in [4.78, 5) is 27.0. The molecule has 0 saturated carbocycles. The van der Waals surface area contributed by atoms with Gasteiger partial charge in [-0.25, -0.2) is 4.79 Å². The van der Waals surface area contributed by atoms with Crippen LogP contribution >= 0.6 is 0 Å². The Bertz CT molecular complexity index is 938. The summed E-state index contributed by atoms with van der Waals surface area (Å²) >= 11 is 0. The minimum atomic E-state index is -1.16. The second-order valence-electron chi connectivity index (χ2n) is 10.1. The fourth-order valence-electron chi connectivity index (χ4n) is 4.81. The monoisotopic (exact) mass is 509 g/mol. The van der Waals surface area contributed by atoms with Crippen molar-refractivity contribution in [2.24, 2.45) is 0 Å². The summed E-state index contributed by atoms with van der Waals surface area (Å²) in [7, 11) is 0. The number of hydrogen-bond donors (Lipinski definition) is 2. The molecule has 5 heteroatoms. The Balaban J connectivity index is 2.06. The van der Waals surface area contributed by atoms with Crippen molar-refractivity contribution in [3.63, 3.8) is 0 Å². The van der Waals surface area contributed by atoms with Gasteiger partial charge in [-0.05, 0) is 31.0 Å². The largest absolute Gasteiger partial charge is 0.507 e. The van der Waals surface area contributed by atoms with Crippen LogP contribution in [-0.4, -0.2) is 35.1 Å². The van der Waals surface area contributed by atoms with Crippen LogP contribution in [0.15, 0.2) is 42.5 Å². The van der Waals surface area contributed by atoms with Crippen molar-refractivity contribution in [3.8, 4) is 5.75 Å². The van der Waals surface area contributed by atoms with E-state index >= 15 is 0 Å². The normalized spacial score (nSPS) is 11.0. The maximum Gasteiger partial charge on any atom is 0.336 e. The molecule has 5 nitrogen and oxygen atoms in total. The standard InChI is InChI=1S/C32H47NO4/c1-3-5-7-9-11-13-17-23-33(24-18-14-12-10-8-6-4-2)26-21-22-29(30(34)25-26)31(35)27-19-15-16-20-28(27)32(36)37/h15-16,19-22,25,34H,3-14,17-18,23-24H2,1-2H3,(H,36,37). The SMILES string of the molecule is CCCCCCCCCN(CCCCCCCCC)c1ccc(C(=O)c2ccccc2C(=O)O)c(O)c1. The summed E-state index contributed by atoms with van der Waals surface area (Å²) in [5.74, 6) is -1.74. The molecule has 2 aromatic carbocycles. The van der Waals surface area contributed by atoms with Crippen LogP contribution in [0.1, 0.15) is 130 Å². The average molecular weight is 510 g/mol. The van der Waals surface area contributed by atoms with Crippen LogP contribution < -0.4 is 4.90 Å². The number of anilines is 1. The van der Waals surface area contributed by atoms with Crippen molar-refractivity contribution in [1.82, 2.24) is 0 Å². The van der Waals surface area contributed by atoms with E-state index in [1.165, 1.54) is 89.2 Å². The molecular weight excluding hydrogens is 462 g/mol. The van der Waals surface area contributed by atoms with Crippen LogP contribution in [0.4, 0.5) is 5.69 Å². The number of nitrogens with zero attached hydrogens (tertiary/aromatic N) is 1. The first-order chi connectivity index (χ1) is 18.0. The Morgan fingerprint density at radius 2 is 1.14 bits per heavy atom. The molecule has 0 bridgehead atoms. The predicted molar refractivity (Wildman–Crippen MR) is 153 cm³/mol. The summed E-state index contributed by atoms with van der Waals surface area (Å²) in [6, 6.07) is 11.3. The molecule has 37 heavy (non-hydrogen) atoms. The fraction of sp³-hybridized carbons (Fsp3) is 0.562. The number of carboxylic acids is 1. The van der Waals surface area contributed by atoms with Gasteiger partial charge in [-0.2, -0.15) is 0 Å². The van der Waals surface area contributed by atoms with Crippen molar-refractivity contribution in [1.29, 1.82) is 0 Å². The van der Waals surface area contributed by atoms with Gasteiger partial charge in [-0.1, -0.05) is 109 Å². The zero-order valence-corrected chi connectivity index (χ0v) is 23.0. The number of carbonyl (C=O) groups is 2. The first-order valence-corrected chi connectivity index (χ1v) is 14.4. The van der Waals surface area contributed by atoms with Crippen LogP contribution in [0.5, 0.6) is 5.75 Å². The van der Waals surface area contributed by atoms with Crippen molar-refractivity contribution < 1.29 is 19.8 Å². The quantitative estimate of drug-likeness (QED) is 0.138. The first-order valence-electron chi connectivity index (χ1n) is 14.4. The molecule has 0 spiro atoms. The van der Waals surface area contributed by atoms with Gasteiger partial charge in [-0.3, -0.25) is 4.79 Å². The fourth-order valence-corrected chi connectivity index (χ4v) is 4.81. The Kier molecular flexibility index (Phi) is 14.5. The average Bonchev–Trinajstić information content (AvgIpc) is 2.90. The Morgan fingerprint density at radius 3 is 1.62 bits per heavy atom. The Labute approximate surface area is 223 Å². The van der Waals surface area contributed by atoms with Gasteiger partial charge in [0.2, 0.25) is 0 Å². The van der Waals surface area contributed by atoms with E-state index in [9.17, 15) is 19.8 Å². The molecule has 2 N–H and O–H groups in total. The van der Waals surface area contributed by atoms with E-state index in [4.69, 9.17) is 0 Å². The second-order valence-corrected chi connectivity index (χ2v) is 10.1. The number of unbranched alkanes of at least 4 members (excludes halogenated alkanes) is 12. The van der Waals surface area contributed by atoms with Crippen LogP contribution in [0.3, 0.4) is 0 Å². The third-order valence-corrected chi connectivity index (χ3v) is 7.06. The molecule has 0 saturated heterocycles. The van der Waals surface area contributed by atoms with Crippen LogP contribution in [0, 0.1) is 0 Å². The summed E-state index contributed by atoms with van der Waals surface area (Å²) in [6.07, 6.45) is 17.5. The van der Waals surface area contributed by atoms with E-state index in [1.54, 1.807) is 24.3 Å². The van der Waals surface area contributed by atoms with Crippen molar-refractivity contribution in [3.05, 3.63) is 59.2 Å². The molecule has 0 radical (unpaired) electrons. The van der Waals surface area contributed by atoms with Gasteiger partial charge in [-0.15, -0.1) is 0 Å². The lowest BCUT2D eigenvalue weighted by Gasteiger charge is -2.25. The summed E-state index contributed by atoms with van der Waals surface area (Å²) in [5.41, 5.74) is 1.07. The van der Waals surface area contributed by atoms with E-state index in [1.807, 2.05) is 6.07 Å². The third-order valence-electron chi connectivity index (χ3n) is 7.06. The van der Waals surface area contributed by atoms with Gasteiger partial charge >= 0.3 is 5.97 Å². The van der Waals surface area contributed by atoms with E-state index in [0.29, 0.717) is 0 Å². The summed E-state index contributed by atoms with van der Waals surface area (Å²) in [5, 5.41) is 20.2. The number of rotatable bonds is 20. The van der Waals surface area contributed by atoms with E-state index in [2.05, 4.69) is 18.7 Å². The molecule has 2 rings (SSSR count). The zero-order valence-electron chi connectivity index (χ0n) is 23.0. The van der Waals surface area contributed by atoms with Crippen LogP contribution in [0.25, 0.3) is 0 Å². The molecule has 0 aliphatic heterocycles. The molecule has 0 aromatic heterocycles. The molecular formula is C32H47NO4. The van der Waals surface area contributed by atoms with Gasteiger partial charge in [0.05, 0.1) is 11.1 Å². The van der Waals surface area contributed by atoms with E-state index in [0.717, 1.165) is 31.6 Å². The number of phenols is 1. The second kappa shape index (κ2) is 17.6. The number of aromatic hydroxyl groups is 1. The van der Waals surface area contributed by atoms with Crippen LogP contribution in [0.2, 0.25) is 0 Å². The summed E-state index contributed by atoms with van der Waals surface area (Å²) in [6.45, 7) is 6.33. The Hall–Kier alpha value is -2.82. The molecule has 0 fully saturated rings. The predicted octanol–water partition coefficient (Wildman–Crippen LogP) is 8.63. The number of carbonyl (C=O) groups excluding carboxylic acids is 1. The topological polar surface area (TPSA) is 77.8 Å². The van der Waals surface area contributed by atoms with Gasteiger partial charge in [0.25, 0.3) is 0 Å². The summed E-state index contributed by atoms with van der Waals surface area (Å²) < 4.78 is 0. The first kappa shape index (κ1) is 30.4. The van der Waals surface area contributed by atoms with Gasteiger partial charge in [0, 0.05) is 30.4 Å². The highest BCUT2D eigenvalue weighted by atomic mass is 16.4. The maximum absolute atomic E-state index is 13.1. The van der Waals surface area contributed by atoms with Gasteiger partial charge in [0.15, 0.2) is 5.78 Å². The number of hydrogen-bond acceptors (Lipinski definition) is 4. The third kappa shape index (κ3) is 10.6. The molecule has 2 aromatic rings.